The third kappa shape index (κ3) is 3.54. The van der Waals surface area contributed by atoms with Crippen molar-refractivity contribution in [1.29, 1.82) is 0 Å². The quantitative estimate of drug-likeness (QED) is 0.649. The normalized spacial score (nSPS) is 11.4. The Morgan fingerprint density at radius 1 is 1.00 bits per heavy atom. The summed E-state index contributed by atoms with van der Waals surface area (Å²) in [6, 6.07) is 11.1. The summed E-state index contributed by atoms with van der Waals surface area (Å²) in [5, 5.41) is 0.145. The van der Waals surface area contributed by atoms with Gasteiger partial charge in [-0.25, -0.2) is 0 Å². The van der Waals surface area contributed by atoms with E-state index in [9.17, 15) is 13.2 Å². The highest BCUT2D eigenvalue weighted by Crippen LogP contribution is 2.36. The Morgan fingerprint density at radius 3 is 2.15 bits per heavy atom. The van der Waals surface area contributed by atoms with E-state index < -0.39 is 11.7 Å². The molecule has 0 N–H and O–H groups in total. The lowest BCUT2D eigenvalue weighted by atomic mass is 10.1. The molecule has 0 amide bonds. The van der Waals surface area contributed by atoms with Crippen LogP contribution in [0.3, 0.4) is 0 Å². The lowest BCUT2D eigenvalue weighted by Crippen LogP contribution is -2.08. The van der Waals surface area contributed by atoms with Crippen LogP contribution in [0.1, 0.15) is 16.7 Å². The second-order valence-corrected chi connectivity index (χ2v) is 4.93. The monoisotopic (exact) mass is 344 g/mol. The highest BCUT2D eigenvalue weighted by molar-refractivity contribution is 9.08. The fourth-order valence-corrected chi connectivity index (χ4v) is 2.23. The van der Waals surface area contributed by atoms with Gasteiger partial charge in [-0.05, 0) is 36.8 Å². The fraction of sp³-hybridized carbons (Fsp3) is 0.200. The Labute approximate surface area is 123 Å². The van der Waals surface area contributed by atoms with E-state index in [1.807, 2.05) is 19.1 Å². The van der Waals surface area contributed by atoms with Crippen molar-refractivity contribution in [3.63, 3.8) is 0 Å². The second-order valence-electron chi connectivity index (χ2n) is 4.37. The van der Waals surface area contributed by atoms with Crippen LogP contribution in [0.25, 0.3) is 0 Å². The standard InChI is InChI=1S/C15H12BrF3O/c1-10-2-5-12(6-3-10)20-13-7-4-11(9-16)14(8-13)15(17,18)19/h2-8H,9H2,1H3. The molecule has 0 bridgehead atoms. The number of benzene rings is 2. The summed E-state index contributed by atoms with van der Waals surface area (Å²) in [6.45, 7) is 1.93. The number of hydrogen-bond donors (Lipinski definition) is 0. The molecule has 0 atom stereocenters. The molecule has 0 aliphatic heterocycles. The van der Waals surface area contributed by atoms with E-state index in [1.54, 1.807) is 12.1 Å². The van der Waals surface area contributed by atoms with Gasteiger partial charge in [0.05, 0.1) is 5.56 Å². The van der Waals surface area contributed by atoms with E-state index in [4.69, 9.17) is 4.74 Å². The lowest BCUT2D eigenvalue weighted by molar-refractivity contribution is -0.138. The minimum atomic E-state index is -4.39. The number of hydrogen-bond acceptors (Lipinski definition) is 1. The van der Waals surface area contributed by atoms with Crippen molar-refractivity contribution < 1.29 is 17.9 Å². The summed E-state index contributed by atoms with van der Waals surface area (Å²) < 4.78 is 44.2. The first-order chi connectivity index (χ1) is 9.40. The molecule has 0 spiro atoms. The van der Waals surface area contributed by atoms with Crippen molar-refractivity contribution in [3.8, 4) is 11.5 Å². The molecule has 0 heterocycles. The van der Waals surface area contributed by atoms with Gasteiger partial charge in [0.1, 0.15) is 11.5 Å². The molecule has 5 heteroatoms. The zero-order valence-electron chi connectivity index (χ0n) is 10.7. The Balaban J connectivity index is 2.31. The highest BCUT2D eigenvalue weighted by atomic mass is 79.9. The molecule has 1 nitrogen and oxygen atoms in total. The first-order valence-electron chi connectivity index (χ1n) is 5.91. The minimum Gasteiger partial charge on any atom is -0.457 e. The smallest absolute Gasteiger partial charge is 0.416 e. The molecule has 106 valence electrons. The Hall–Kier alpha value is -1.49. The number of aryl methyl sites for hydroxylation is 1. The van der Waals surface area contributed by atoms with Gasteiger partial charge in [0.15, 0.2) is 0 Å². The second kappa shape index (κ2) is 5.87. The fourth-order valence-electron chi connectivity index (χ4n) is 1.74. The zero-order chi connectivity index (χ0) is 14.8. The van der Waals surface area contributed by atoms with Gasteiger partial charge in [-0.2, -0.15) is 13.2 Å². The average molecular weight is 345 g/mol. The molecule has 2 aromatic rings. The molecule has 0 aliphatic carbocycles. The maximum Gasteiger partial charge on any atom is 0.416 e. The molecule has 0 saturated carbocycles. The largest absolute Gasteiger partial charge is 0.457 e. The lowest BCUT2D eigenvalue weighted by Gasteiger charge is -2.13. The van der Waals surface area contributed by atoms with E-state index >= 15 is 0 Å². The first kappa shape index (κ1) is 14.9. The third-order valence-corrected chi connectivity index (χ3v) is 3.39. The van der Waals surface area contributed by atoms with Gasteiger partial charge in [-0.15, -0.1) is 0 Å². The molecule has 0 aliphatic rings. The third-order valence-electron chi connectivity index (χ3n) is 2.79. The molecule has 0 radical (unpaired) electrons. The van der Waals surface area contributed by atoms with E-state index in [2.05, 4.69) is 15.9 Å². The molecule has 0 saturated heterocycles. The predicted octanol–water partition coefficient (Wildman–Crippen LogP) is 5.70. The van der Waals surface area contributed by atoms with Gasteiger partial charge in [0.2, 0.25) is 0 Å². The van der Waals surface area contributed by atoms with Gasteiger partial charge in [0.25, 0.3) is 0 Å². The van der Waals surface area contributed by atoms with Crippen LogP contribution in [0.15, 0.2) is 42.5 Å². The molecular formula is C15H12BrF3O. The molecule has 0 fully saturated rings. The van der Waals surface area contributed by atoms with Crippen molar-refractivity contribution in [2.24, 2.45) is 0 Å². The van der Waals surface area contributed by atoms with Gasteiger partial charge >= 0.3 is 6.18 Å². The van der Waals surface area contributed by atoms with Crippen LogP contribution >= 0.6 is 15.9 Å². The molecule has 2 aromatic carbocycles. The van der Waals surface area contributed by atoms with E-state index in [-0.39, 0.29) is 16.6 Å². The SMILES string of the molecule is Cc1ccc(Oc2ccc(CBr)c(C(F)(F)F)c2)cc1. The van der Waals surface area contributed by atoms with Gasteiger partial charge in [0, 0.05) is 5.33 Å². The van der Waals surface area contributed by atoms with Crippen molar-refractivity contribution in [2.75, 3.05) is 0 Å². The van der Waals surface area contributed by atoms with E-state index in [1.165, 1.54) is 12.1 Å². The van der Waals surface area contributed by atoms with Crippen molar-refractivity contribution in [2.45, 2.75) is 18.4 Å². The zero-order valence-corrected chi connectivity index (χ0v) is 12.3. The van der Waals surface area contributed by atoms with Crippen LogP contribution in [-0.4, -0.2) is 0 Å². The van der Waals surface area contributed by atoms with Crippen LogP contribution in [-0.2, 0) is 11.5 Å². The molecule has 2 rings (SSSR count). The molecule has 20 heavy (non-hydrogen) atoms. The van der Waals surface area contributed by atoms with Crippen LogP contribution in [0.5, 0.6) is 11.5 Å². The minimum absolute atomic E-state index is 0.145. The van der Waals surface area contributed by atoms with Crippen LogP contribution in [0.4, 0.5) is 13.2 Å². The summed E-state index contributed by atoms with van der Waals surface area (Å²) in [4.78, 5) is 0. The van der Waals surface area contributed by atoms with Gasteiger partial charge < -0.3 is 4.74 Å². The van der Waals surface area contributed by atoms with E-state index in [0.717, 1.165) is 11.6 Å². The van der Waals surface area contributed by atoms with Crippen LogP contribution < -0.4 is 4.74 Å². The average Bonchev–Trinajstić information content (AvgIpc) is 2.40. The van der Waals surface area contributed by atoms with Crippen molar-refractivity contribution in [1.82, 2.24) is 0 Å². The van der Waals surface area contributed by atoms with Crippen molar-refractivity contribution >= 4 is 15.9 Å². The summed E-state index contributed by atoms with van der Waals surface area (Å²) in [5.41, 5.74) is 0.565. The summed E-state index contributed by atoms with van der Waals surface area (Å²) in [5.74, 6) is 0.682. The summed E-state index contributed by atoms with van der Waals surface area (Å²) in [7, 11) is 0. The molecule has 0 aromatic heterocycles. The van der Waals surface area contributed by atoms with E-state index in [0.29, 0.717) is 5.75 Å². The van der Waals surface area contributed by atoms with Crippen LogP contribution in [0.2, 0.25) is 0 Å². The van der Waals surface area contributed by atoms with Gasteiger partial charge in [-0.3, -0.25) is 0 Å². The summed E-state index contributed by atoms with van der Waals surface area (Å²) >= 11 is 3.06. The number of halogens is 4. The number of alkyl halides is 4. The maximum absolute atomic E-state index is 12.9. The Bertz CT molecular complexity index is 591. The maximum atomic E-state index is 12.9. The molecule has 0 unspecified atom stereocenters. The topological polar surface area (TPSA) is 9.23 Å². The first-order valence-corrected chi connectivity index (χ1v) is 7.03. The molecular weight excluding hydrogens is 333 g/mol. The number of ether oxygens (including phenoxy) is 1. The van der Waals surface area contributed by atoms with Crippen molar-refractivity contribution in [3.05, 3.63) is 59.2 Å². The Kier molecular flexibility index (Phi) is 4.38. The van der Waals surface area contributed by atoms with Crippen LogP contribution in [0, 0.1) is 6.92 Å². The number of rotatable bonds is 3. The predicted molar refractivity (Wildman–Crippen MR) is 75.3 cm³/mol. The Morgan fingerprint density at radius 2 is 1.60 bits per heavy atom. The van der Waals surface area contributed by atoms with Gasteiger partial charge in [-0.1, -0.05) is 39.7 Å². The highest BCUT2D eigenvalue weighted by Gasteiger charge is 2.33. The summed E-state index contributed by atoms with van der Waals surface area (Å²) in [6.07, 6.45) is -4.39.